The van der Waals surface area contributed by atoms with Crippen molar-refractivity contribution < 1.29 is 14.6 Å². The minimum Gasteiger partial charge on any atom is -0.478 e. The molecule has 0 bridgehead atoms. The van der Waals surface area contributed by atoms with Gasteiger partial charge in [0.1, 0.15) is 0 Å². The summed E-state index contributed by atoms with van der Waals surface area (Å²) in [5.41, 5.74) is 0.341. The van der Waals surface area contributed by atoms with E-state index in [-0.39, 0.29) is 0 Å². The summed E-state index contributed by atoms with van der Waals surface area (Å²) < 4.78 is 4.61. The lowest BCUT2D eigenvalue weighted by molar-refractivity contribution is -0.132. The molecule has 3 nitrogen and oxygen atoms in total. The number of aliphatic carboxylic acids is 1. The van der Waals surface area contributed by atoms with Crippen LogP contribution in [0.1, 0.15) is 13.3 Å². The number of carboxylic acid groups (broad SMARTS) is 1. The SMILES string of the molecule is CO[CH]CC=C(C)C(=O)O. The summed E-state index contributed by atoms with van der Waals surface area (Å²) in [6.07, 6.45) is 2.13. The monoisotopic (exact) mass is 143 g/mol. The molecule has 0 aromatic rings. The van der Waals surface area contributed by atoms with Crippen LogP contribution in [0.4, 0.5) is 0 Å². The molecule has 0 aliphatic rings. The van der Waals surface area contributed by atoms with Gasteiger partial charge in [-0.1, -0.05) is 6.08 Å². The van der Waals surface area contributed by atoms with Crippen molar-refractivity contribution in [2.45, 2.75) is 13.3 Å². The second kappa shape index (κ2) is 4.99. The summed E-state index contributed by atoms with van der Waals surface area (Å²) in [5, 5.41) is 8.36. The number of rotatable bonds is 4. The molecule has 0 rings (SSSR count). The molecule has 0 atom stereocenters. The molecule has 0 spiro atoms. The smallest absolute Gasteiger partial charge is 0.330 e. The lowest BCUT2D eigenvalue weighted by Crippen LogP contribution is -1.95. The molecule has 0 aliphatic carbocycles. The third-order valence-electron chi connectivity index (χ3n) is 1.02. The first kappa shape index (κ1) is 9.17. The highest BCUT2D eigenvalue weighted by molar-refractivity contribution is 5.85. The molecule has 0 aliphatic heterocycles. The van der Waals surface area contributed by atoms with Crippen LogP contribution in [0.2, 0.25) is 0 Å². The molecular weight excluding hydrogens is 132 g/mol. The van der Waals surface area contributed by atoms with Gasteiger partial charge in [-0.2, -0.15) is 0 Å². The first-order valence-corrected chi connectivity index (χ1v) is 2.93. The van der Waals surface area contributed by atoms with Crippen molar-refractivity contribution in [1.29, 1.82) is 0 Å². The van der Waals surface area contributed by atoms with Crippen molar-refractivity contribution in [3.05, 3.63) is 18.3 Å². The third kappa shape index (κ3) is 4.09. The highest BCUT2D eigenvalue weighted by atomic mass is 16.5. The van der Waals surface area contributed by atoms with Crippen LogP contribution in [0.3, 0.4) is 0 Å². The normalized spacial score (nSPS) is 11.6. The Hall–Kier alpha value is -0.830. The van der Waals surface area contributed by atoms with Crippen molar-refractivity contribution in [1.82, 2.24) is 0 Å². The van der Waals surface area contributed by atoms with Crippen LogP contribution in [0.15, 0.2) is 11.6 Å². The maximum atomic E-state index is 10.2. The first-order chi connectivity index (χ1) is 4.68. The minimum atomic E-state index is -0.885. The molecule has 0 heterocycles. The molecule has 0 saturated heterocycles. The molecule has 57 valence electrons. The molecular formula is C7H11O3. The molecule has 0 saturated carbocycles. The Labute approximate surface area is 60.3 Å². The van der Waals surface area contributed by atoms with Gasteiger partial charge in [-0.3, -0.25) is 0 Å². The van der Waals surface area contributed by atoms with Crippen molar-refractivity contribution in [3.63, 3.8) is 0 Å². The standard InChI is InChI=1S/C7H11O3/c1-6(7(8)9)4-3-5-10-2/h4-5H,3H2,1-2H3,(H,8,9). The van der Waals surface area contributed by atoms with E-state index in [1.807, 2.05) is 0 Å². The van der Waals surface area contributed by atoms with E-state index >= 15 is 0 Å². The summed E-state index contributed by atoms with van der Waals surface area (Å²) in [6.45, 7) is 3.08. The summed E-state index contributed by atoms with van der Waals surface area (Å²) in [5.74, 6) is -0.885. The lowest BCUT2D eigenvalue weighted by Gasteiger charge is -1.92. The van der Waals surface area contributed by atoms with Gasteiger partial charge < -0.3 is 9.84 Å². The molecule has 1 radical (unpaired) electrons. The fourth-order valence-electron chi connectivity index (χ4n) is 0.408. The first-order valence-electron chi connectivity index (χ1n) is 2.93. The third-order valence-corrected chi connectivity index (χ3v) is 1.02. The largest absolute Gasteiger partial charge is 0.478 e. The lowest BCUT2D eigenvalue weighted by atomic mass is 10.2. The second-order valence-electron chi connectivity index (χ2n) is 1.83. The van der Waals surface area contributed by atoms with Crippen LogP contribution in [-0.2, 0) is 9.53 Å². The topological polar surface area (TPSA) is 46.5 Å². The van der Waals surface area contributed by atoms with Crippen molar-refractivity contribution in [2.75, 3.05) is 7.11 Å². The molecule has 10 heavy (non-hydrogen) atoms. The van der Waals surface area contributed by atoms with Gasteiger partial charge in [0, 0.05) is 12.7 Å². The zero-order valence-corrected chi connectivity index (χ0v) is 6.13. The molecule has 0 aromatic heterocycles. The predicted octanol–water partition coefficient (Wildman–Crippen LogP) is 1.22. The van der Waals surface area contributed by atoms with Gasteiger partial charge in [0.25, 0.3) is 0 Å². The molecule has 1 N–H and O–H groups in total. The Morgan fingerprint density at radius 2 is 2.30 bits per heavy atom. The summed E-state index contributed by atoms with van der Waals surface area (Å²) >= 11 is 0. The average molecular weight is 143 g/mol. The maximum Gasteiger partial charge on any atom is 0.330 e. The predicted molar refractivity (Wildman–Crippen MR) is 37.3 cm³/mol. The summed E-state index contributed by atoms with van der Waals surface area (Å²) in [6, 6.07) is 0. The zero-order chi connectivity index (χ0) is 7.98. The molecule has 0 amide bonds. The Morgan fingerprint density at radius 1 is 1.70 bits per heavy atom. The van der Waals surface area contributed by atoms with E-state index < -0.39 is 5.97 Å². The van der Waals surface area contributed by atoms with E-state index in [9.17, 15) is 4.79 Å². The Balaban J connectivity index is 3.58. The number of hydrogen-bond donors (Lipinski definition) is 1. The fourth-order valence-corrected chi connectivity index (χ4v) is 0.408. The van der Waals surface area contributed by atoms with Gasteiger partial charge in [-0.25, -0.2) is 4.79 Å². The van der Waals surface area contributed by atoms with Crippen LogP contribution in [-0.4, -0.2) is 18.2 Å². The van der Waals surface area contributed by atoms with E-state index in [1.165, 1.54) is 13.7 Å². The van der Waals surface area contributed by atoms with E-state index in [1.54, 1.807) is 13.0 Å². The molecule has 0 aromatic carbocycles. The van der Waals surface area contributed by atoms with Crippen LogP contribution >= 0.6 is 0 Å². The quantitative estimate of drug-likeness (QED) is 0.475. The van der Waals surface area contributed by atoms with Gasteiger partial charge >= 0.3 is 5.97 Å². The van der Waals surface area contributed by atoms with Gasteiger partial charge in [0.2, 0.25) is 0 Å². The average Bonchev–Trinajstić information content (AvgIpc) is 1.88. The molecule has 3 heteroatoms. The van der Waals surface area contributed by atoms with Crippen LogP contribution in [0.25, 0.3) is 0 Å². The maximum absolute atomic E-state index is 10.2. The van der Waals surface area contributed by atoms with Crippen molar-refractivity contribution >= 4 is 5.97 Å². The van der Waals surface area contributed by atoms with Crippen molar-refractivity contribution in [3.8, 4) is 0 Å². The van der Waals surface area contributed by atoms with Crippen LogP contribution < -0.4 is 0 Å². The van der Waals surface area contributed by atoms with E-state index in [4.69, 9.17) is 5.11 Å². The van der Waals surface area contributed by atoms with Gasteiger partial charge in [0.05, 0.1) is 6.61 Å². The highest BCUT2D eigenvalue weighted by Gasteiger charge is 1.96. The number of carbonyl (C=O) groups is 1. The van der Waals surface area contributed by atoms with E-state index in [2.05, 4.69) is 4.74 Å². The number of carboxylic acids is 1. The Bertz CT molecular complexity index is 138. The number of methoxy groups -OCH3 is 1. The van der Waals surface area contributed by atoms with E-state index in [0.29, 0.717) is 12.0 Å². The zero-order valence-electron chi connectivity index (χ0n) is 6.13. The number of hydrogen-bond acceptors (Lipinski definition) is 2. The Morgan fingerprint density at radius 3 is 2.70 bits per heavy atom. The summed E-state index contributed by atoms with van der Waals surface area (Å²) in [7, 11) is 1.53. The Kier molecular flexibility index (Phi) is 4.58. The van der Waals surface area contributed by atoms with Crippen molar-refractivity contribution in [2.24, 2.45) is 0 Å². The van der Waals surface area contributed by atoms with Gasteiger partial charge in [-0.15, -0.1) is 0 Å². The van der Waals surface area contributed by atoms with E-state index in [0.717, 1.165) is 0 Å². The highest BCUT2D eigenvalue weighted by Crippen LogP contribution is 1.97. The van der Waals surface area contributed by atoms with Gasteiger partial charge in [0.15, 0.2) is 0 Å². The second-order valence-corrected chi connectivity index (χ2v) is 1.83. The van der Waals surface area contributed by atoms with Crippen LogP contribution in [0.5, 0.6) is 0 Å². The fraction of sp³-hybridized carbons (Fsp3) is 0.429. The summed E-state index contributed by atoms with van der Waals surface area (Å²) in [4.78, 5) is 10.2. The molecule has 0 fully saturated rings. The number of ether oxygens (including phenoxy) is 1. The minimum absolute atomic E-state index is 0.341. The molecule has 0 unspecified atom stereocenters. The van der Waals surface area contributed by atoms with Crippen LogP contribution in [0, 0.1) is 6.61 Å². The van der Waals surface area contributed by atoms with Gasteiger partial charge in [-0.05, 0) is 13.3 Å².